The zero-order valence-electron chi connectivity index (χ0n) is 17.4. The number of hydrogen-bond donors (Lipinski definition) is 3. The molecule has 0 spiro atoms. The number of fused-ring (bicyclic) bond motifs is 1. The summed E-state index contributed by atoms with van der Waals surface area (Å²) < 4.78 is 0. The molecule has 10 heteroatoms. The predicted molar refractivity (Wildman–Crippen MR) is 116 cm³/mol. The van der Waals surface area contributed by atoms with Gasteiger partial charge in [-0.15, -0.1) is 23.2 Å². The average molecular weight is 473 g/mol. The molecule has 4 rings (SSSR count). The molecule has 2 saturated heterocycles. The quantitative estimate of drug-likeness (QED) is 0.427. The summed E-state index contributed by atoms with van der Waals surface area (Å²) in [6, 6.07) is -0.843. The summed E-state index contributed by atoms with van der Waals surface area (Å²) in [5, 5.41) is 8.16. The van der Waals surface area contributed by atoms with E-state index in [2.05, 4.69) is 16.0 Å². The van der Waals surface area contributed by atoms with E-state index in [4.69, 9.17) is 23.2 Å². The van der Waals surface area contributed by atoms with Crippen LogP contribution in [0.3, 0.4) is 0 Å². The maximum Gasteiger partial charge on any atom is 0.315 e. The summed E-state index contributed by atoms with van der Waals surface area (Å²) in [5.41, 5.74) is 0. The Morgan fingerprint density at radius 1 is 1.06 bits per heavy atom. The molecule has 8 nitrogen and oxygen atoms in total. The van der Waals surface area contributed by atoms with Crippen molar-refractivity contribution < 1.29 is 19.2 Å². The van der Waals surface area contributed by atoms with E-state index in [1.807, 2.05) is 0 Å². The standard InChI is InChI=1S/C21H30Cl2N4O4/c22-13-3-4-16(15(23)8-13)25-21(31)24-9-11-1-2-12-10-27(20(30)14(12)7-11)17-5-6-18(28)26-19(17)29/h11-17H,1-10H2,(H2,24,25,31)(H,26,28,29). The minimum absolute atomic E-state index is 0.0106. The van der Waals surface area contributed by atoms with Gasteiger partial charge >= 0.3 is 6.03 Å². The molecule has 0 aromatic rings. The number of likely N-dealkylation sites (tertiary alicyclic amines) is 1. The van der Waals surface area contributed by atoms with Crippen LogP contribution in [-0.2, 0) is 14.4 Å². The van der Waals surface area contributed by atoms with E-state index in [0.29, 0.717) is 32.4 Å². The lowest BCUT2D eigenvalue weighted by molar-refractivity contribution is -0.144. The van der Waals surface area contributed by atoms with Gasteiger partial charge in [0.2, 0.25) is 17.7 Å². The minimum Gasteiger partial charge on any atom is -0.338 e. The van der Waals surface area contributed by atoms with Crippen LogP contribution >= 0.6 is 23.2 Å². The highest BCUT2D eigenvalue weighted by Crippen LogP contribution is 2.41. The molecule has 7 unspecified atom stereocenters. The first-order valence-corrected chi connectivity index (χ1v) is 12.2. The van der Waals surface area contributed by atoms with Crippen LogP contribution in [0.25, 0.3) is 0 Å². The van der Waals surface area contributed by atoms with Crippen LogP contribution in [0.4, 0.5) is 4.79 Å². The third-order valence-corrected chi connectivity index (χ3v) is 8.17. The van der Waals surface area contributed by atoms with Crippen molar-refractivity contribution >= 4 is 47.0 Å². The molecule has 31 heavy (non-hydrogen) atoms. The van der Waals surface area contributed by atoms with Crippen molar-refractivity contribution in [2.45, 2.75) is 74.2 Å². The van der Waals surface area contributed by atoms with Crippen molar-refractivity contribution in [3.05, 3.63) is 0 Å². The second-order valence-electron chi connectivity index (χ2n) is 9.39. The molecule has 4 aliphatic rings. The molecule has 7 atom stereocenters. The van der Waals surface area contributed by atoms with Gasteiger partial charge in [-0.25, -0.2) is 4.79 Å². The van der Waals surface area contributed by atoms with Crippen molar-refractivity contribution in [2.75, 3.05) is 13.1 Å². The fraction of sp³-hybridized carbons (Fsp3) is 0.810. The third-order valence-electron chi connectivity index (χ3n) is 7.30. The van der Waals surface area contributed by atoms with Crippen molar-refractivity contribution in [1.82, 2.24) is 20.9 Å². The number of nitrogens with zero attached hydrogens (tertiary/aromatic N) is 1. The molecule has 2 saturated carbocycles. The first-order chi connectivity index (χ1) is 14.8. The lowest BCUT2D eigenvalue weighted by Gasteiger charge is -2.32. The fourth-order valence-electron chi connectivity index (χ4n) is 5.53. The Kier molecular flexibility index (Phi) is 6.96. The first-order valence-electron chi connectivity index (χ1n) is 11.3. The highest BCUT2D eigenvalue weighted by Gasteiger charge is 2.48. The Bertz CT molecular complexity index is 751. The van der Waals surface area contributed by atoms with Gasteiger partial charge in [-0.3, -0.25) is 19.7 Å². The lowest BCUT2D eigenvalue weighted by atomic mass is 9.75. The van der Waals surface area contributed by atoms with Gasteiger partial charge in [0.25, 0.3) is 0 Å². The number of nitrogens with one attached hydrogen (secondary N) is 3. The Morgan fingerprint density at radius 2 is 1.87 bits per heavy atom. The fourth-order valence-corrected chi connectivity index (χ4v) is 6.34. The number of piperidine rings is 1. The average Bonchev–Trinajstić information content (AvgIpc) is 3.04. The van der Waals surface area contributed by atoms with Crippen molar-refractivity contribution in [1.29, 1.82) is 0 Å². The summed E-state index contributed by atoms with van der Waals surface area (Å²) in [6.07, 6.45) is 5.52. The van der Waals surface area contributed by atoms with Gasteiger partial charge in [-0.2, -0.15) is 0 Å². The van der Waals surface area contributed by atoms with Crippen LogP contribution in [0.5, 0.6) is 0 Å². The molecule has 5 amide bonds. The summed E-state index contributed by atoms with van der Waals surface area (Å²) in [4.78, 5) is 50.6. The van der Waals surface area contributed by atoms with E-state index in [1.165, 1.54) is 0 Å². The number of carbonyl (C=O) groups excluding carboxylic acids is 4. The Morgan fingerprint density at radius 3 is 2.61 bits per heavy atom. The second-order valence-corrected chi connectivity index (χ2v) is 10.6. The van der Waals surface area contributed by atoms with Gasteiger partial charge in [0, 0.05) is 36.8 Å². The molecule has 172 valence electrons. The number of hydrogen-bond acceptors (Lipinski definition) is 4. The number of amides is 5. The highest BCUT2D eigenvalue weighted by molar-refractivity contribution is 6.24. The van der Waals surface area contributed by atoms with Crippen LogP contribution in [0.1, 0.15) is 51.4 Å². The van der Waals surface area contributed by atoms with Crippen LogP contribution in [0, 0.1) is 17.8 Å². The number of carbonyl (C=O) groups is 4. The lowest BCUT2D eigenvalue weighted by Crippen LogP contribution is -2.53. The van der Waals surface area contributed by atoms with Gasteiger partial charge in [0.1, 0.15) is 6.04 Å². The number of urea groups is 1. The van der Waals surface area contributed by atoms with Gasteiger partial charge in [0.15, 0.2) is 0 Å². The molecule has 4 fully saturated rings. The molecule has 2 aliphatic heterocycles. The van der Waals surface area contributed by atoms with E-state index in [9.17, 15) is 19.2 Å². The largest absolute Gasteiger partial charge is 0.338 e. The smallest absolute Gasteiger partial charge is 0.315 e. The molecule has 0 aromatic heterocycles. The Balaban J connectivity index is 1.25. The topological polar surface area (TPSA) is 108 Å². The number of alkyl halides is 2. The second kappa shape index (κ2) is 9.53. The summed E-state index contributed by atoms with van der Waals surface area (Å²) in [6.45, 7) is 1.09. The van der Waals surface area contributed by atoms with E-state index < -0.39 is 6.04 Å². The van der Waals surface area contributed by atoms with Crippen molar-refractivity contribution in [2.24, 2.45) is 17.8 Å². The summed E-state index contributed by atoms with van der Waals surface area (Å²) in [7, 11) is 0. The third kappa shape index (κ3) is 5.11. The summed E-state index contributed by atoms with van der Waals surface area (Å²) in [5.74, 6) is -0.268. The van der Waals surface area contributed by atoms with Gasteiger partial charge < -0.3 is 15.5 Å². The van der Waals surface area contributed by atoms with Crippen LogP contribution in [0.2, 0.25) is 0 Å². The molecular formula is C21H30Cl2N4O4. The van der Waals surface area contributed by atoms with E-state index in [-0.39, 0.29) is 64.7 Å². The highest BCUT2D eigenvalue weighted by atomic mass is 35.5. The number of rotatable bonds is 4. The predicted octanol–water partition coefficient (Wildman–Crippen LogP) is 1.73. The maximum absolute atomic E-state index is 13.0. The van der Waals surface area contributed by atoms with Crippen molar-refractivity contribution in [3.63, 3.8) is 0 Å². The normalized spacial score (nSPS) is 38.5. The van der Waals surface area contributed by atoms with Crippen LogP contribution < -0.4 is 16.0 Å². The monoisotopic (exact) mass is 472 g/mol. The van der Waals surface area contributed by atoms with Gasteiger partial charge in [-0.05, 0) is 56.8 Å². The molecule has 3 N–H and O–H groups in total. The van der Waals surface area contributed by atoms with Crippen LogP contribution in [-0.4, -0.2) is 64.6 Å². The Hall–Kier alpha value is -1.54. The molecule has 2 heterocycles. The Labute approximate surface area is 192 Å². The number of imide groups is 1. The molecule has 0 aromatic carbocycles. The van der Waals surface area contributed by atoms with E-state index >= 15 is 0 Å². The maximum atomic E-state index is 13.0. The molecular weight excluding hydrogens is 443 g/mol. The van der Waals surface area contributed by atoms with E-state index in [1.54, 1.807) is 4.90 Å². The first kappa shape index (κ1) is 22.6. The molecule has 0 bridgehead atoms. The van der Waals surface area contributed by atoms with Gasteiger partial charge in [-0.1, -0.05) is 0 Å². The summed E-state index contributed by atoms with van der Waals surface area (Å²) >= 11 is 12.5. The van der Waals surface area contributed by atoms with Gasteiger partial charge in [0.05, 0.1) is 5.38 Å². The zero-order chi connectivity index (χ0) is 22.1. The zero-order valence-corrected chi connectivity index (χ0v) is 19.0. The minimum atomic E-state index is -0.537. The molecule has 0 radical (unpaired) electrons. The van der Waals surface area contributed by atoms with E-state index in [0.717, 1.165) is 25.7 Å². The van der Waals surface area contributed by atoms with Crippen molar-refractivity contribution in [3.8, 4) is 0 Å². The number of halogens is 2. The molecule has 2 aliphatic carbocycles. The van der Waals surface area contributed by atoms with Crippen LogP contribution in [0.15, 0.2) is 0 Å². The SMILES string of the molecule is O=C1CCC(N2CC3CCC(CNC(=O)NC4CCC(Cl)CC4Cl)CC3C2=O)C(=O)N1.